The number of nitrogens with one attached hydrogen (secondary N) is 1. The molecule has 0 aliphatic rings. The van der Waals surface area contributed by atoms with Gasteiger partial charge in [0.05, 0.1) is 18.0 Å². The Balaban J connectivity index is 2.03. The number of hydrogen-bond donors (Lipinski definition) is 1. The van der Waals surface area contributed by atoms with Crippen molar-refractivity contribution in [1.82, 2.24) is 5.32 Å². The molecule has 0 aliphatic carbocycles. The number of anilines is 1. The molecule has 2 aromatic carbocycles. The van der Waals surface area contributed by atoms with Gasteiger partial charge in [0.2, 0.25) is 15.9 Å². The number of carbonyl (C=O) groups is 1. The van der Waals surface area contributed by atoms with Gasteiger partial charge in [0.15, 0.2) is 0 Å². The molecule has 0 unspecified atom stereocenters. The SMILES string of the molecule is Cc1cc(C)c([C@H](C)NC(=O)CCCN(c2cc(Cl)ccc2C)S(C)(=O)=O)cc1C. The van der Waals surface area contributed by atoms with Crippen LogP contribution in [0, 0.1) is 27.7 Å². The summed E-state index contributed by atoms with van der Waals surface area (Å²) in [5.74, 6) is -0.101. The number of hydrogen-bond acceptors (Lipinski definition) is 3. The normalized spacial score (nSPS) is 12.5. The molecule has 1 amide bonds. The van der Waals surface area contributed by atoms with E-state index in [1.807, 2.05) is 20.8 Å². The minimum Gasteiger partial charge on any atom is -0.350 e. The van der Waals surface area contributed by atoms with Crippen molar-refractivity contribution in [3.05, 3.63) is 63.2 Å². The summed E-state index contributed by atoms with van der Waals surface area (Å²) in [4.78, 5) is 12.5. The second-order valence-electron chi connectivity index (χ2n) is 7.95. The second-order valence-corrected chi connectivity index (χ2v) is 10.3. The van der Waals surface area contributed by atoms with E-state index in [2.05, 4.69) is 31.3 Å². The third kappa shape index (κ3) is 6.22. The summed E-state index contributed by atoms with van der Waals surface area (Å²) in [6, 6.07) is 9.29. The fourth-order valence-corrected chi connectivity index (χ4v) is 4.72. The molecule has 0 saturated carbocycles. The first-order valence-electron chi connectivity index (χ1n) is 10.0. The van der Waals surface area contributed by atoms with Gasteiger partial charge in [-0.3, -0.25) is 9.10 Å². The third-order valence-electron chi connectivity index (χ3n) is 5.33. The van der Waals surface area contributed by atoms with Crippen molar-refractivity contribution in [2.24, 2.45) is 0 Å². The van der Waals surface area contributed by atoms with Crippen molar-refractivity contribution < 1.29 is 13.2 Å². The number of amides is 1. The van der Waals surface area contributed by atoms with Gasteiger partial charge in [0.1, 0.15) is 0 Å². The predicted octanol–water partition coefficient (Wildman–Crippen LogP) is 5.00. The van der Waals surface area contributed by atoms with Crippen LogP contribution < -0.4 is 9.62 Å². The number of sulfonamides is 1. The van der Waals surface area contributed by atoms with Crippen LogP contribution in [0.25, 0.3) is 0 Å². The second kappa shape index (κ2) is 9.84. The lowest BCUT2D eigenvalue weighted by molar-refractivity contribution is -0.121. The van der Waals surface area contributed by atoms with Crippen molar-refractivity contribution in [2.45, 2.75) is 53.5 Å². The van der Waals surface area contributed by atoms with E-state index in [9.17, 15) is 13.2 Å². The van der Waals surface area contributed by atoms with Gasteiger partial charge in [-0.25, -0.2) is 8.42 Å². The zero-order chi connectivity index (χ0) is 22.6. The van der Waals surface area contributed by atoms with E-state index in [0.29, 0.717) is 17.1 Å². The minimum atomic E-state index is -3.49. The molecule has 7 heteroatoms. The topological polar surface area (TPSA) is 66.5 Å². The first kappa shape index (κ1) is 24.2. The van der Waals surface area contributed by atoms with Crippen LogP contribution >= 0.6 is 11.6 Å². The van der Waals surface area contributed by atoms with Gasteiger partial charge in [-0.2, -0.15) is 0 Å². The first-order valence-corrected chi connectivity index (χ1v) is 12.2. The molecule has 0 radical (unpaired) electrons. The highest BCUT2D eigenvalue weighted by atomic mass is 35.5. The molecular weight excluding hydrogens is 420 g/mol. The number of nitrogens with zero attached hydrogens (tertiary/aromatic N) is 1. The van der Waals surface area contributed by atoms with Gasteiger partial charge in [0, 0.05) is 18.0 Å². The molecule has 0 fully saturated rings. The Morgan fingerprint density at radius 1 is 1.03 bits per heavy atom. The Bertz CT molecular complexity index is 1030. The lowest BCUT2D eigenvalue weighted by Gasteiger charge is -2.24. The molecule has 2 aromatic rings. The van der Waals surface area contributed by atoms with E-state index >= 15 is 0 Å². The Morgan fingerprint density at radius 2 is 1.67 bits per heavy atom. The minimum absolute atomic E-state index is 0.101. The number of benzene rings is 2. The molecule has 5 nitrogen and oxygen atoms in total. The number of aryl methyl sites for hydroxylation is 4. The van der Waals surface area contributed by atoms with Gasteiger partial charge in [0.25, 0.3) is 0 Å². The average molecular weight is 451 g/mol. The highest BCUT2D eigenvalue weighted by Crippen LogP contribution is 2.27. The summed E-state index contributed by atoms with van der Waals surface area (Å²) >= 11 is 6.06. The molecule has 0 saturated heterocycles. The van der Waals surface area contributed by atoms with Crippen molar-refractivity contribution in [3.63, 3.8) is 0 Å². The summed E-state index contributed by atoms with van der Waals surface area (Å²) in [6.45, 7) is 10.2. The van der Waals surface area contributed by atoms with Crippen LogP contribution in [-0.4, -0.2) is 27.1 Å². The van der Waals surface area contributed by atoms with E-state index in [-0.39, 0.29) is 24.9 Å². The number of rotatable bonds is 8. The van der Waals surface area contributed by atoms with Crippen LogP contribution in [0.2, 0.25) is 5.02 Å². The van der Waals surface area contributed by atoms with Crippen LogP contribution in [0.15, 0.2) is 30.3 Å². The number of carbonyl (C=O) groups excluding carboxylic acids is 1. The fraction of sp³-hybridized carbons (Fsp3) is 0.435. The molecule has 1 atom stereocenters. The van der Waals surface area contributed by atoms with Crippen LogP contribution in [0.5, 0.6) is 0 Å². The van der Waals surface area contributed by atoms with Gasteiger partial charge in [-0.15, -0.1) is 0 Å². The average Bonchev–Trinajstić information content (AvgIpc) is 2.63. The fourth-order valence-electron chi connectivity index (χ4n) is 3.54. The van der Waals surface area contributed by atoms with Crippen LogP contribution in [0.1, 0.15) is 53.6 Å². The summed E-state index contributed by atoms with van der Waals surface area (Å²) in [5.41, 5.74) is 6.02. The molecule has 0 aromatic heterocycles. The molecule has 1 N–H and O–H groups in total. The Kier molecular flexibility index (Phi) is 7.94. The molecule has 0 heterocycles. The van der Waals surface area contributed by atoms with Crippen molar-refractivity contribution >= 4 is 33.2 Å². The lowest BCUT2D eigenvalue weighted by Crippen LogP contribution is -2.33. The van der Waals surface area contributed by atoms with E-state index in [4.69, 9.17) is 11.6 Å². The third-order valence-corrected chi connectivity index (χ3v) is 6.75. The van der Waals surface area contributed by atoms with E-state index in [1.165, 1.54) is 15.4 Å². The van der Waals surface area contributed by atoms with Gasteiger partial charge < -0.3 is 5.32 Å². The highest BCUT2D eigenvalue weighted by Gasteiger charge is 2.20. The summed E-state index contributed by atoms with van der Waals surface area (Å²) in [7, 11) is -3.49. The summed E-state index contributed by atoms with van der Waals surface area (Å²) in [6.07, 6.45) is 1.81. The largest absolute Gasteiger partial charge is 0.350 e. The molecule has 164 valence electrons. The zero-order valence-electron chi connectivity index (χ0n) is 18.5. The van der Waals surface area contributed by atoms with Crippen LogP contribution in [0.4, 0.5) is 5.69 Å². The van der Waals surface area contributed by atoms with Gasteiger partial charge in [-0.1, -0.05) is 29.8 Å². The van der Waals surface area contributed by atoms with Crippen molar-refractivity contribution in [2.75, 3.05) is 17.1 Å². The monoisotopic (exact) mass is 450 g/mol. The first-order chi connectivity index (χ1) is 13.9. The molecule has 0 aliphatic heterocycles. The van der Waals surface area contributed by atoms with Crippen molar-refractivity contribution in [1.29, 1.82) is 0 Å². The quantitative estimate of drug-likeness (QED) is 0.615. The lowest BCUT2D eigenvalue weighted by atomic mass is 9.96. The smallest absolute Gasteiger partial charge is 0.232 e. The Morgan fingerprint density at radius 3 is 2.30 bits per heavy atom. The standard InChI is InChI=1S/C23H31ClN2O3S/c1-15-9-10-20(24)14-22(15)26(30(6,28)29)11-7-8-23(27)25-19(5)21-13-17(3)16(2)12-18(21)4/h9-10,12-14,19H,7-8,11H2,1-6H3,(H,25,27)/t19-/m0/s1. The maximum atomic E-state index is 12.5. The van der Waals surface area contributed by atoms with Gasteiger partial charge >= 0.3 is 0 Å². The van der Waals surface area contributed by atoms with Crippen molar-refractivity contribution in [3.8, 4) is 0 Å². The van der Waals surface area contributed by atoms with Crippen LogP contribution in [-0.2, 0) is 14.8 Å². The zero-order valence-corrected chi connectivity index (χ0v) is 20.1. The molecule has 30 heavy (non-hydrogen) atoms. The molecule has 2 rings (SSSR count). The van der Waals surface area contributed by atoms with E-state index < -0.39 is 10.0 Å². The molecular formula is C23H31ClN2O3S. The Hall–Kier alpha value is -2.05. The summed E-state index contributed by atoms with van der Waals surface area (Å²) in [5, 5.41) is 3.50. The molecule has 0 bridgehead atoms. The van der Waals surface area contributed by atoms with E-state index in [0.717, 1.165) is 22.9 Å². The molecule has 0 spiro atoms. The van der Waals surface area contributed by atoms with Gasteiger partial charge in [-0.05, 0) is 81.0 Å². The maximum absolute atomic E-state index is 12.5. The van der Waals surface area contributed by atoms with Crippen LogP contribution in [0.3, 0.4) is 0 Å². The van der Waals surface area contributed by atoms with E-state index in [1.54, 1.807) is 18.2 Å². The highest BCUT2D eigenvalue weighted by molar-refractivity contribution is 7.92. The predicted molar refractivity (Wildman–Crippen MR) is 125 cm³/mol. The maximum Gasteiger partial charge on any atom is 0.232 e. The number of halogens is 1. The Labute approximate surface area is 185 Å². The summed E-state index contributed by atoms with van der Waals surface area (Å²) < 4.78 is 25.9.